The maximum Gasteiger partial charge on any atom is 0.0325 e. The van der Waals surface area contributed by atoms with E-state index in [1.54, 1.807) is 0 Å². The second-order valence-corrected chi connectivity index (χ2v) is 4.28. The summed E-state index contributed by atoms with van der Waals surface area (Å²) in [6, 6.07) is 11.8. The van der Waals surface area contributed by atoms with Crippen molar-refractivity contribution in [3.05, 3.63) is 48.0 Å². The molecular formula is C14H19N. The predicted molar refractivity (Wildman–Crippen MR) is 64.8 cm³/mol. The minimum Gasteiger partial charge on any atom is -0.290 e. The highest BCUT2D eigenvalue weighted by atomic mass is 15.2. The van der Waals surface area contributed by atoms with Gasteiger partial charge in [-0.1, -0.05) is 42.5 Å². The van der Waals surface area contributed by atoms with Crippen LogP contribution >= 0.6 is 0 Å². The van der Waals surface area contributed by atoms with Crippen LogP contribution in [0.5, 0.6) is 0 Å². The molecule has 2 atom stereocenters. The fraction of sp³-hybridized carbons (Fsp3) is 0.429. The fourth-order valence-corrected chi connectivity index (χ4v) is 2.30. The van der Waals surface area contributed by atoms with Gasteiger partial charge in [0.2, 0.25) is 0 Å². The van der Waals surface area contributed by atoms with Crippen molar-refractivity contribution in [2.75, 3.05) is 6.54 Å². The lowest BCUT2D eigenvalue weighted by atomic mass is 10.0. The molecule has 2 rings (SSSR count). The van der Waals surface area contributed by atoms with Crippen LogP contribution in [0.25, 0.3) is 0 Å². The number of rotatable bonds is 2. The molecule has 0 bridgehead atoms. The van der Waals surface area contributed by atoms with Gasteiger partial charge in [0.1, 0.15) is 0 Å². The zero-order valence-corrected chi connectivity index (χ0v) is 9.56. The molecule has 0 spiro atoms. The molecule has 1 nitrogen and oxygen atoms in total. The van der Waals surface area contributed by atoms with Gasteiger partial charge in [-0.2, -0.15) is 0 Å². The van der Waals surface area contributed by atoms with Gasteiger partial charge in [0, 0.05) is 18.6 Å². The van der Waals surface area contributed by atoms with E-state index in [-0.39, 0.29) is 0 Å². The Bertz CT molecular complexity index is 328. The summed E-state index contributed by atoms with van der Waals surface area (Å²) in [5.41, 5.74) is 1.42. The zero-order chi connectivity index (χ0) is 10.7. The molecule has 1 aliphatic rings. The van der Waals surface area contributed by atoms with E-state index in [1.165, 1.54) is 18.5 Å². The summed E-state index contributed by atoms with van der Waals surface area (Å²) in [6.45, 7) is 5.74. The first-order chi connectivity index (χ1) is 7.29. The number of nitrogens with zero attached hydrogens (tertiary/aromatic N) is 1. The predicted octanol–water partition coefficient (Wildman–Crippen LogP) is 3.40. The highest BCUT2D eigenvalue weighted by Gasteiger charge is 2.20. The van der Waals surface area contributed by atoms with E-state index in [9.17, 15) is 0 Å². The maximum atomic E-state index is 2.55. The van der Waals surface area contributed by atoms with Crippen LogP contribution in [-0.2, 0) is 0 Å². The van der Waals surface area contributed by atoms with Crippen molar-refractivity contribution in [1.29, 1.82) is 0 Å². The third-order valence-corrected chi connectivity index (χ3v) is 3.27. The molecule has 1 heterocycles. The first kappa shape index (κ1) is 10.4. The topological polar surface area (TPSA) is 3.24 Å². The van der Waals surface area contributed by atoms with E-state index in [0.717, 1.165) is 0 Å². The summed E-state index contributed by atoms with van der Waals surface area (Å²) in [5, 5.41) is 0. The van der Waals surface area contributed by atoms with Crippen LogP contribution in [0.1, 0.15) is 31.9 Å². The van der Waals surface area contributed by atoms with Crippen LogP contribution < -0.4 is 0 Å². The Morgan fingerprint density at radius 1 is 1.27 bits per heavy atom. The SMILES string of the molecule is C[C@@H]1C=CCCN1[C@H](C)c1ccccc1. The van der Waals surface area contributed by atoms with Crippen LogP contribution in [0.3, 0.4) is 0 Å². The largest absolute Gasteiger partial charge is 0.290 e. The molecule has 1 aromatic rings. The van der Waals surface area contributed by atoms with Gasteiger partial charge in [-0.05, 0) is 25.8 Å². The molecule has 0 saturated carbocycles. The van der Waals surface area contributed by atoms with Crippen LogP contribution in [0.4, 0.5) is 0 Å². The second-order valence-electron chi connectivity index (χ2n) is 4.28. The van der Waals surface area contributed by atoms with E-state index in [0.29, 0.717) is 12.1 Å². The lowest BCUT2D eigenvalue weighted by Crippen LogP contribution is -2.36. The molecular weight excluding hydrogens is 182 g/mol. The summed E-state index contributed by atoms with van der Waals surface area (Å²) >= 11 is 0. The van der Waals surface area contributed by atoms with Crippen molar-refractivity contribution >= 4 is 0 Å². The van der Waals surface area contributed by atoms with Gasteiger partial charge in [0.15, 0.2) is 0 Å². The Morgan fingerprint density at radius 3 is 2.67 bits per heavy atom. The maximum absolute atomic E-state index is 2.55. The van der Waals surface area contributed by atoms with E-state index < -0.39 is 0 Å². The average Bonchev–Trinajstić information content (AvgIpc) is 2.30. The molecule has 0 N–H and O–H groups in total. The van der Waals surface area contributed by atoms with Gasteiger partial charge in [0.25, 0.3) is 0 Å². The lowest BCUT2D eigenvalue weighted by molar-refractivity contribution is 0.176. The molecule has 0 radical (unpaired) electrons. The van der Waals surface area contributed by atoms with Crippen LogP contribution in [0.2, 0.25) is 0 Å². The number of hydrogen-bond donors (Lipinski definition) is 0. The van der Waals surface area contributed by atoms with Gasteiger partial charge >= 0.3 is 0 Å². The van der Waals surface area contributed by atoms with Crippen molar-refractivity contribution in [1.82, 2.24) is 4.90 Å². The van der Waals surface area contributed by atoms with Gasteiger partial charge in [-0.25, -0.2) is 0 Å². The highest BCUT2D eigenvalue weighted by Crippen LogP contribution is 2.24. The second kappa shape index (κ2) is 4.63. The Hall–Kier alpha value is -1.08. The molecule has 1 aliphatic heterocycles. The van der Waals surface area contributed by atoms with Crippen molar-refractivity contribution in [3.8, 4) is 0 Å². The molecule has 0 unspecified atom stereocenters. The van der Waals surface area contributed by atoms with Crippen molar-refractivity contribution in [3.63, 3.8) is 0 Å². The molecule has 0 aromatic heterocycles. The molecule has 1 aromatic carbocycles. The van der Waals surface area contributed by atoms with Crippen LogP contribution in [0, 0.1) is 0 Å². The molecule has 0 saturated heterocycles. The minimum atomic E-state index is 0.520. The summed E-state index contributed by atoms with van der Waals surface area (Å²) in [7, 11) is 0. The smallest absolute Gasteiger partial charge is 0.0325 e. The summed E-state index contributed by atoms with van der Waals surface area (Å²) in [6.07, 6.45) is 5.78. The van der Waals surface area contributed by atoms with E-state index in [2.05, 4.69) is 61.2 Å². The third kappa shape index (κ3) is 2.29. The Morgan fingerprint density at radius 2 is 2.00 bits per heavy atom. The molecule has 0 aliphatic carbocycles. The molecule has 15 heavy (non-hydrogen) atoms. The van der Waals surface area contributed by atoms with Crippen molar-refractivity contribution in [2.45, 2.75) is 32.4 Å². The van der Waals surface area contributed by atoms with Crippen LogP contribution in [-0.4, -0.2) is 17.5 Å². The van der Waals surface area contributed by atoms with Gasteiger partial charge in [-0.15, -0.1) is 0 Å². The molecule has 0 fully saturated rings. The normalized spacial score (nSPS) is 24.0. The van der Waals surface area contributed by atoms with E-state index >= 15 is 0 Å². The van der Waals surface area contributed by atoms with Crippen LogP contribution in [0.15, 0.2) is 42.5 Å². The molecule has 0 amide bonds. The Balaban J connectivity index is 2.14. The molecule has 80 valence electrons. The quantitative estimate of drug-likeness (QED) is 0.663. The lowest BCUT2D eigenvalue weighted by Gasteiger charge is -2.35. The highest BCUT2D eigenvalue weighted by molar-refractivity contribution is 5.19. The summed E-state index contributed by atoms with van der Waals surface area (Å²) in [5.74, 6) is 0. The standard InChI is InChI=1S/C14H19N/c1-12-8-6-7-11-15(12)13(2)14-9-4-3-5-10-14/h3-6,8-10,12-13H,7,11H2,1-2H3/t12-,13-/m1/s1. The fourth-order valence-electron chi connectivity index (χ4n) is 2.30. The monoisotopic (exact) mass is 201 g/mol. The molecule has 1 heteroatoms. The van der Waals surface area contributed by atoms with E-state index in [1.807, 2.05) is 0 Å². The Labute approximate surface area is 92.4 Å². The van der Waals surface area contributed by atoms with E-state index in [4.69, 9.17) is 0 Å². The van der Waals surface area contributed by atoms with Gasteiger partial charge in [0.05, 0.1) is 0 Å². The summed E-state index contributed by atoms with van der Waals surface area (Å²) in [4.78, 5) is 2.55. The number of hydrogen-bond acceptors (Lipinski definition) is 1. The van der Waals surface area contributed by atoms with Crippen molar-refractivity contribution in [2.24, 2.45) is 0 Å². The minimum absolute atomic E-state index is 0.520. The summed E-state index contributed by atoms with van der Waals surface area (Å²) < 4.78 is 0. The van der Waals surface area contributed by atoms with Crippen molar-refractivity contribution < 1.29 is 0 Å². The Kier molecular flexibility index (Phi) is 3.22. The van der Waals surface area contributed by atoms with Gasteiger partial charge in [-0.3, -0.25) is 4.90 Å². The first-order valence-electron chi connectivity index (χ1n) is 5.76. The van der Waals surface area contributed by atoms with Gasteiger partial charge < -0.3 is 0 Å². The number of benzene rings is 1. The first-order valence-corrected chi connectivity index (χ1v) is 5.76. The third-order valence-electron chi connectivity index (χ3n) is 3.27. The zero-order valence-electron chi connectivity index (χ0n) is 9.56. The average molecular weight is 201 g/mol.